The van der Waals surface area contributed by atoms with Crippen molar-refractivity contribution < 1.29 is 4.79 Å². The van der Waals surface area contributed by atoms with Crippen molar-refractivity contribution in [3.63, 3.8) is 0 Å². The summed E-state index contributed by atoms with van der Waals surface area (Å²) in [7, 11) is 0. The molecule has 0 fully saturated rings. The first kappa shape index (κ1) is 17.4. The molecular formula is C19H27N3O. The van der Waals surface area contributed by atoms with Gasteiger partial charge in [-0.15, -0.1) is 11.7 Å². The number of allylic oxidation sites excluding steroid dienone is 1. The van der Waals surface area contributed by atoms with Crippen molar-refractivity contribution in [1.29, 1.82) is 0 Å². The number of aromatic nitrogens is 3. The van der Waals surface area contributed by atoms with Gasteiger partial charge in [0.2, 0.25) is 5.91 Å². The van der Waals surface area contributed by atoms with Crippen molar-refractivity contribution in [2.75, 3.05) is 0 Å². The Morgan fingerprint density at radius 3 is 2.39 bits per heavy atom. The Hall–Kier alpha value is -1.97. The van der Waals surface area contributed by atoms with Crippen LogP contribution in [0.3, 0.4) is 0 Å². The van der Waals surface area contributed by atoms with Crippen LogP contribution in [-0.4, -0.2) is 20.9 Å². The van der Waals surface area contributed by atoms with E-state index in [0.29, 0.717) is 6.42 Å². The third-order valence-corrected chi connectivity index (χ3v) is 4.14. The molecule has 1 aromatic carbocycles. The number of rotatable bonds is 11. The molecule has 23 heavy (non-hydrogen) atoms. The van der Waals surface area contributed by atoms with Crippen molar-refractivity contribution in [3.8, 4) is 0 Å². The van der Waals surface area contributed by atoms with Crippen molar-refractivity contribution in [2.24, 2.45) is 0 Å². The van der Waals surface area contributed by atoms with Gasteiger partial charge in [0, 0.05) is 6.42 Å². The van der Waals surface area contributed by atoms with E-state index in [1.54, 1.807) is 0 Å². The fourth-order valence-electron chi connectivity index (χ4n) is 2.78. The van der Waals surface area contributed by atoms with Crippen molar-refractivity contribution in [1.82, 2.24) is 15.0 Å². The van der Waals surface area contributed by atoms with E-state index in [1.165, 1.54) is 43.2 Å². The van der Waals surface area contributed by atoms with E-state index >= 15 is 0 Å². The molecule has 0 saturated carbocycles. The van der Waals surface area contributed by atoms with Crippen LogP contribution in [0, 0.1) is 0 Å². The second-order valence-electron chi connectivity index (χ2n) is 6.04. The van der Waals surface area contributed by atoms with E-state index in [2.05, 4.69) is 16.9 Å². The highest BCUT2D eigenvalue weighted by molar-refractivity contribution is 5.88. The Labute approximate surface area is 138 Å². The topological polar surface area (TPSA) is 47.8 Å². The first-order valence-electron chi connectivity index (χ1n) is 8.77. The summed E-state index contributed by atoms with van der Waals surface area (Å²) in [5.41, 5.74) is 1.58. The fraction of sp³-hybridized carbons (Fsp3) is 0.526. The number of para-hydroxylation sites is 1. The van der Waals surface area contributed by atoms with E-state index in [4.69, 9.17) is 0 Å². The second kappa shape index (κ2) is 9.93. The molecular weight excluding hydrogens is 286 g/mol. The molecule has 0 aliphatic heterocycles. The normalized spacial score (nSPS) is 11.0. The van der Waals surface area contributed by atoms with E-state index < -0.39 is 0 Å². The molecule has 0 amide bonds. The maximum atomic E-state index is 12.2. The molecule has 0 aliphatic carbocycles. The molecule has 0 radical (unpaired) electrons. The minimum absolute atomic E-state index is 0.0446. The molecule has 124 valence electrons. The van der Waals surface area contributed by atoms with Crippen LogP contribution >= 0.6 is 0 Å². The van der Waals surface area contributed by atoms with Crippen molar-refractivity contribution >= 4 is 16.9 Å². The average molecular weight is 313 g/mol. The minimum Gasteiger partial charge on any atom is -0.273 e. The summed E-state index contributed by atoms with van der Waals surface area (Å²) in [5, 5.41) is 7.99. The summed E-state index contributed by atoms with van der Waals surface area (Å²) >= 11 is 0. The zero-order valence-electron chi connectivity index (χ0n) is 13.9. The van der Waals surface area contributed by atoms with Gasteiger partial charge in [0.05, 0.1) is 5.52 Å². The Balaban J connectivity index is 1.58. The van der Waals surface area contributed by atoms with Gasteiger partial charge in [-0.05, 0) is 31.4 Å². The maximum absolute atomic E-state index is 12.2. The summed E-state index contributed by atoms with van der Waals surface area (Å²) in [5.74, 6) is 0.0446. The molecule has 2 aromatic rings. The predicted molar refractivity (Wildman–Crippen MR) is 94.5 cm³/mol. The van der Waals surface area contributed by atoms with E-state index in [1.807, 2.05) is 30.3 Å². The third-order valence-electron chi connectivity index (χ3n) is 4.14. The molecule has 2 rings (SSSR count). The zero-order valence-corrected chi connectivity index (χ0v) is 13.9. The molecule has 4 nitrogen and oxygen atoms in total. The van der Waals surface area contributed by atoms with Gasteiger partial charge in [-0.25, -0.2) is 0 Å². The summed E-state index contributed by atoms with van der Waals surface area (Å²) in [4.78, 5) is 12.2. The van der Waals surface area contributed by atoms with E-state index in [9.17, 15) is 4.79 Å². The molecule has 0 aliphatic rings. The van der Waals surface area contributed by atoms with Crippen LogP contribution in [0.4, 0.5) is 0 Å². The number of unbranched alkanes of at least 4 members (excludes halogenated alkanes) is 8. The number of fused-ring (bicyclic) bond motifs is 1. The molecule has 0 unspecified atom stereocenters. The first-order chi connectivity index (χ1) is 11.3. The Morgan fingerprint density at radius 2 is 1.65 bits per heavy atom. The maximum Gasteiger partial charge on any atom is 0.248 e. The van der Waals surface area contributed by atoms with Gasteiger partial charge < -0.3 is 0 Å². The Bertz CT molecular complexity index is 618. The predicted octanol–water partition coefficient (Wildman–Crippen LogP) is 5.16. The molecule has 0 spiro atoms. The fourth-order valence-corrected chi connectivity index (χ4v) is 2.78. The highest BCUT2D eigenvalue weighted by Gasteiger charge is 2.10. The van der Waals surface area contributed by atoms with Gasteiger partial charge in [0.15, 0.2) is 0 Å². The van der Waals surface area contributed by atoms with Crippen LogP contribution in [-0.2, 0) is 0 Å². The van der Waals surface area contributed by atoms with Crippen LogP contribution in [0.1, 0.15) is 69.0 Å². The number of hydrogen-bond donors (Lipinski definition) is 0. The second-order valence-corrected chi connectivity index (χ2v) is 6.04. The lowest BCUT2D eigenvalue weighted by Crippen LogP contribution is -2.12. The van der Waals surface area contributed by atoms with Gasteiger partial charge >= 0.3 is 0 Å². The number of carbonyl (C=O) groups excluding carboxylic acids is 1. The van der Waals surface area contributed by atoms with Gasteiger partial charge in [0.25, 0.3) is 0 Å². The summed E-state index contributed by atoms with van der Waals surface area (Å²) in [6, 6.07) is 7.58. The lowest BCUT2D eigenvalue weighted by molar-refractivity contribution is 0.0886. The standard InChI is InChI=1S/C19H27N3O/c1-2-3-4-5-6-7-8-9-10-11-16-19(23)22-18-15-13-12-14-17(18)20-21-22/h2,12-15H,1,3-11,16H2. The summed E-state index contributed by atoms with van der Waals surface area (Å²) < 4.78 is 1.44. The van der Waals surface area contributed by atoms with Crippen LogP contribution in [0.15, 0.2) is 36.9 Å². The number of carbonyl (C=O) groups is 1. The molecule has 4 heteroatoms. The van der Waals surface area contributed by atoms with Gasteiger partial charge in [0.1, 0.15) is 5.52 Å². The monoisotopic (exact) mass is 313 g/mol. The molecule has 1 heterocycles. The van der Waals surface area contributed by atoms with Gasteiger partial charge in [-0.3, -0.25) is 4.79 Å². The lowest BCUT2D eigenvalue weighted by atomic mass is 10.1. The van der Waals surface area contributed by atoms with Crippen molar-refractivity contribution in [3.05, 3.63) is 36.9 Å². The SMILES string of the molecule is C=CCCCCCCCCCCC(=O)n1nnc2ccccc21. The van der Waals surface area contributed by atoms with E-state index in [-0.39, 0.29) is 5.91 Å². The summed E-state index contributed by atoms with van der Waals surface area (Å²) in [6.45, 7) is 3.74. The molecule has 0 bridgehead atoms. The average Bonchev–Trinajstić information content (AvgIpc) is 3.00. The van der Waals surface area contributed by atoms with Crippen LogP contribution < -0.4 is 0 Å². The molecule has 0 atom stereocenters. The lowest BCUT2D eigenvalue weighted by Gasteiger charge is -2.03. The number of hydrogen-bond acceptors (Lipinski definition) is 3. The van der Waals surface area contributed by atoms with Gasteiger partial charge in [-0.2, -0.15) is 4.68 Å². The number of nitrogens with zero attached hydrogens (tertiary/aromatic N) is 3. The van der Waals surface area contributed by atoms with Crippen LogP contribution in [0.5, 0.6) is 0 Å². The number of benzene rings is 1. The Kier molecular flexibility index (Phi) is 7.50. The highest BCUT2D eigenvalue weighted by Crippen LogP contribution is 2.13. The van der Waals surface area contributed by atoms with Gasteiger partial charge in [-0.1, -0.05) is 61.9 Å². The highest BCUT2D eigenvalue weighted by atomic mass is 16.2. The molecule has 0 N–H and O–H groups in total. The summed E-state index contributed by atoms with van der Waals surface area (Å²) in [6.07, 6.45) is 13.4. The smallest absolute Gasteiger partial charge is 0.248 e. The third kappa shape index (κ3) is 5.62. The van der Waals surface area contributed by atoms with Crippen molar-refractivity contribution in [2.45, 2.75) is 64.2 Å². The van der Waals surface area contributed by atoms with Crippen LogP contribution in [0.25, 0.3) is 11.0 Å². The largest absolute Gasteiger partial charge is 0.273 e. The van der Waals surface area contributed by atoms with E-state index in [0.717, 1.165) is 30.3 Å². The minimum atomic E-state index is 0.0446. The quantitative estimate of drug-likeness (QED) is 0.425. The Morgan fingerprint density at radius 1 is 1.00 bits per heavy atom. The first-order valence-corrected chi connectivity index (χ1v) is 8.77. The van der Waals surface area contributed by atoms with Crippen LogP contribution in [0.2, 0.25) is 0 Å². The molecule has 1 aromatic heterocycles. The molecule has 0 saturated heterocycles. The zero-order chi connectivity index (χ0) is 16.3.